The van der Waals surface area contributed by atoms with Crippen molar-refractivity contribution in [2.45, 2.75) is 25.9 Å². The summed E-state index contributed by atoms with van der Waals surface area (Å²) >= 11 is 7.03. The molecule has 36 heavy (non-hydrogen) atoms. The second-order valence-electron chi connectivity index (χ2n) is 7.53. The number of nitrogens with zero attached hydrogens (tertiary/aromatic N) is 4. The molecule has 1 aliphatic rings. The van der Waals surface area contributed by atoms with Crippen LogP contribution in [-0.4, -0.2) is 50.0 Å². The fourth-order valence-electron chi connectivity index (χ4n) is 3.15. The molecule has 1 aliphatic heterocycles. The molecule has 0 radical (unpaired) electrons. The van der Waals surface area contributed by atoms with Crippen molar-refractivity contribution in [3.8, 4) is 5.69 Å². The molecule has 9 nitrogen and oxygen atoms in total. The molecular formula is C21H19ClF4N4O5S. The van der Waals surface area contributed by atoms with E-state index in [2.05, 4.69) is 4.99 Å². The number of amides is 1. The van der Waals surface area contributed by atoms with Crippen LogP contribution in [0.2, 0.25) is 5.02 Å². The van der Waals surface area contributed by atoms with Crippen molar-refractivity contribution in [3.63, 3.8) is 0 Å². The van der Waals surface area contributed by atoms with Crippen LogP contribution in [0.4, 0.5) is 23.2 Å². The van der Waals surface area contributed by atoms with Crippen LogP contribution in [-0.2, 0) is 27.5 Å². The monoisotopic (exact) mass is 550 g/mol. The molecule has 1 fully saturated rings. The van der Waals surface area contributed by atoms with Crippen LogP contribution in [0.5, 0.6) is 0 Å². The summed E-state index contributed by atoms with van der Waals surface area (Å²) in [5.74, 6) is -2.34. The average molecular weight is 551 g/mol. The van der Waals surface area contributed by atoms with Gasteiger partial charge in [0.25, 0.3) is 5.56 Å². The number of unbranched alkanes of at least 4 members (excludes halogenated alkanes) is 1. The minimum Gasteiger partial charge on any atom is -0.464 e. The van der Waals surface area contributed by atoms with Gasteiger partial charge in [-0.1, -0.05) is 36.7 Å². The largest absolute Gasteiger partial charge is 0.464 e. The van der Waals surface area contributed by atoms with E-state index in [9.17, 15) is 36.7 Å². The Hall–Kier alpha value is -3.13. The van der Waals surface area contributed by atoms with E-state index in [0.717, 1.165) is 42.3 Å². The van der Waals surface area contributed by atoms with Crippen LogP contribution in [0.15, 0.2) is 32.8 Å². The molecule has 0 aliphatic carbocycles. The predicted molar refractivity (Wildman–Crippen MR) is 124 cm³/mol. The number of esters is 1. The number of rotatable bonds is 7. The zero-order chi connectivity index (χ0) is 26.8. The lowest BCUT2D eigenvalue weighted by Gasteiger charge is -2.16. The number of carbonyl (C=O) groups excluding carboxylic acids is 2. The maximum absolute atomic E-state index is 14.7. The SMILES string of the molecule is CCCCOC(=O)CN1C(=O)CS/C1=N\c1cc(-n2c(=O)cc(C(F)(F)F)n(C)c2=O)c(F)cc1Cl. The maximum Gasteiger partial charge on any atom is 0.431 e. The van der Waals surface area contributed by atoms with Crippen molar-refractivity contribution in [2.24, 2.45) is 12.0 Å². The van der Waals surface area contributed by atoms with Gasteiger partial charge in [-0.05, 0) is 18.6 Å². The Morgan fingerprint density at radius 3 is 2.56 bits per heavy atom. The lowest BCUT2D eigenvalue weighted by atomic mass is 10.2. The number of ether oxygens (including phenoxy) is 1. The van der Waals surface area contributed by atoms with E-state index in [1.165, 1.54) is 0 Å². The topological polar surface area (TPSA) is 103 Å². The van der Waals surface area contributed by atoms with Crippen LogP contribution >= 0.6 is 23.4 Å². The Kier molecular flexibility index (Phi) is 8.29. The first-order chi connectivity index (χ1) is 16.8. The lowest BCUT2D eigenvalue weighted by Crippen LogP contribution is -2.41. The molecule has 0 saturated carbocycles. The van der Waals surface area contributed by atoms with E-state index in [1.54, 1.807) is 0 Å². The number of alkyl halides is 3. The van der Waals surface area contributed by atoms with Gasteiger partial charge in [0.1, 0.15) is 18.1 Å². The molecule has 15 heteroatoms. The van der Waals surface area contributed by atoms with Crippen molar-refractivity contribution in [1.82, 2.24) is 14.0 Å². The Bertz CT molecular complexity index is 1360. The minimum absolute atomic E-state index is 0.0274. The third kappa shape index (κ3) is 5.81. The van der Waals surface area contributed by atoms with E-state index >= 15 is 0 Å². The minimum atomic E-state index is -4.99. The molecule has 194 valence electrons. The van der Waals surface area contributed by atoms with Crippen LogP contribution in [0, 0.1) is 5.82 Å². The molecule has 1 amide bonds. The summed E-state index contributed by atoms with van der Waals surface area (Å²) in [5.41, 5.74) is -5.27. The van der Waals surface area contributed by atoms with Crippen molar-refractivity contribution in [3.05, 3.63) is 55.6 Å². The summed E-state index contributed by atoms with van der Waals surface area (Å²) in [6, 6.07) is 1.78. The molecule has 0 spiro atoms. The summed E-state index contributed by atoms with van der Waals surface area (Å²) in [6.45, 7) is 1.66. The van der Waals surface area contributed by atoms with Gasteiger partial charge in [-0.3, -0.25) is 23.9 Å². The Morgan fingerprint density at radius 2 is 1.92 bits per heavy atom. The highest BCUT2D eigenvalue weighted by molar-refractivity contribution is 8.15. The number of carbonyl (C=O) groups is 2. The highest BCUT2D eigenvalue weighted by Gasteiger charge is 2.35. The number of thioether (sulfide) groups is 1. The lowest BCUT2D eigenvalue weighted by molar-refractivity contribution is -0.146. The smallest absolute Gasteiger partial charge is 0.431 e. The molecule has 1 saturated heterocycles. The number of aromatic nitrogens is 2. The number of hydrogen-bond donors (Lipinski definition) is 0. The van der Waals surface area contributed by atoms with Gasteiger partial charge >= 0.3 is 17.8 Å². The molecule has 2 aromatic rings. The Labute approximate surface area is 210 Å². The van der Waals surface area contributed by atoms with E-state index < -0.39 is 53.0 Å². The molecule has 1 aromatic heterocycles. The van der Waals surface area contributed by atoms with Gasteiger partial charge in [0.05, 0.1) is 28.8 Å². The van der Waals surface area contributed by atoms with Gasteiger partial charge in [-0.25, -0.2) is 18.7 Å². The second kappa shape index (κ2) is 10.9. The van der Waals surface area contributed by atoms with E-state index in [0.29, 0.717) is 6.42 Å². The van der Waals surface area contributed by atoms with Gasteiger partial charge in [0.15, 0.2) is 5.17 Å². The first-order valence-corrected chi connectivity index (χ1v) is 11.8. The Morgan fingerprint density at radius 1 is 1.22 bits per heavy atom. The fourth-order valence-corrected chi connectivity index (χ4v) is 4.23. The van der Waals surface area contributed by atoms with Gasteiger partial charge in [0.2, 0.25) is 5.91 Å². The second-order valence-corrected chi connectivity index (χ2v) is 8.88. The third-order valence-corrected chi connectivity index (χ3v) is 6.25. The molecule has 1 aromatic carbocycles. The molecule has 0 atom stereocenters. The predicted octanol–water partition coefficient (Wildman–Crippen LogP) is 3.25. The van der Waals surface area contributed by atoms with E-state index in [4.69, 9.17) is 16.3 Å². The van der Waals surface area contributed by atoms with Crippen LogP contribution in [0.3, 0.4) is 0 Å². The summed E-state index contributed by atoms with van der Waals surface area (Å²) < 4.78 is 59.5. The van der Waals surface area contributed by atoms with Gasteiger partial charge in [0, 0.05) is 13.1 Å². The van der Waals surface area contributed by atoms with Crippen molar-refractivity contribution < 1.29 is 31.9 Å². The quantitative estimate of drug-likeness (QED) is 0.298. The van der Waals surface area contributed by atoms with Gasteiger partial charge in [-0.2, -0.15) is 13.2 Å². The fraction of sp³-hybridized carbons (Fsp3) is 0.381. The summed E-state index contributed by atoms with van der Waals surface area (Å²) in [7, 11) is 0.786. The highest BCUT2D eigenvalue weighted by Crippen LogP contribution is 2.32. The highest BCUT2D eigenvalue weighted by atomic mass is 35.5. The van der Waals surface area contributed by atoms with Gasteiger partial charge < -0.3 is 4.74 Å². The number of amidine groups is 1. The molecule has 0 N–H and O–H groups in total. The number of hydrogen-bond acceptors (Lipinski definition) is 7. The average Bonchev–Trinajstić information content (AvgIpc) is 3.12. The van der Waals surface area contributed by atoms with Crippen LogP contribution < -0.4 is 11.2 Å². The normalized spacial score (nSPS) is 15.1. The summed E-state index contributed by atoms with van der Waals surface area (Å²) in [5, 5.41) is -0.245. The summed E-state index contributed by atoms with van der Waals surface area (Å²) in [6.07, 6.45) is -3.55. The standard InChI is InChI=1S/C21H19ClF4N4O5S/c1-3-4-5-35-18(33)9-29-17(32)10-36-19(29)27-13-7-14(12(23)6-11(13)22)30-16(31)8-15(21(24,25)26)28(2)20(30)34/h6-8H,3-5,9-10H2,1-2H3/b27-19-. The van der Waals surface area contributed by atoms with E-state index in [-0.39, 0.29) is 43.4 Å². The molecule has 0 unspecified atom stereocenters. The maximum atomic E-state index is 14.7. The van der Waals surface area contributed by atoms with Gasteiger partial charge in [-0.15, -0.1) is 0 Å². The molecule has 0 bridgehead atoms. The molecule has 3 rings (SSSR count). The Balaban J connectivity index is 2.04. The van der Waals surface area contributed by atoms with E-state index in [1.807, 2.05) is 6.92 Å². The molecule has 2 heterocycles. The molecular weight excluding hydrogens is 532 g/mol. The first kappa shape index (κ1) is 27.5. The number of benzene rings is 1. The third-order valence-electron chi connectivity index (χ3n) is 4.99. The zero-order valence-electron chi connectivity index (χ0n) is 18.9. The van der Waals surface area contributed by atoms with Crippen molar-refractivity contribution in [1.29, 1.82) is 0 Å². The summed E-state index contributed by atoms with van der Waals surface area (Å²) in [4.78, 5) is 54.5. The van der Waals surface area contributed by atoms with Crippen molar-refractivity contribution in [2.75, 3.05) is 18.9 Å². The first-order valence-electron chi connectivity index (χ1n) is 10.4. The zero-order valence-corrected chi connectivity index (χ0v) is 20.5. The van der Waals surface area contributed by atoms with Crippen molar-refractivity contribution >= 4 is 46.1 Å². The van der Waals surface area contributed by atoms with Crippen LogP contribution in [0.1, 0.15) is 25.5 Å². The van der Waals surface area contributed by atoms with Crippen LogP contribution in [0.25, 0.3) is 5.69 Å². The number of aliphatic imine (C=N–C) groups is 1. The number of halogens is 5.